The maximum absolute atomic E-state index is 13.7. The lowest BCUT2D eigenvalue weighted by Gasteiger charge is -2.43. The molecule has 1 atom stereocenters. The van der Waals surface area contributed by atoms with Gasteiger partial charge < -0.3 is 20.6 Å². The van der Waals surface area contributed by atoms with Crippen LogP contribution in [-0.2, 0) is 17.1 Å². The SMILES string of the molecule is Cc1ccc(C[NH+]2CCC(CNC(=O)C3(O)c4ccccc4NC(=O)N3c3ccc(Cl)c(Cl)c3)CC2)cc1. The van der Waals surface area contributed by atoms with Crippen LogP contribution in [0.25, 0.3) is 0 Å². The van der Waals surface area contributed by atoms with Crippen molar-refractivity contribution in [3.8, 4) is 0 Å². The summed E-state index contributed by atoms with van der Waals surface area (Å²) in [6, 6.07) is 19.3. The molecule has 0 spiro atoms. The van der Waals surface area contributed by atoms with E-state index in [0.29, 0.717) is 17.3 Å². The quantitative estimate of drug-likeness (QED) is 0.370. The van der Waals surface area contributed by atoms with Gasteiger partial charge in [-0.1, -0.05) is 71.2 Å². The Morgan fingerprint density at radius 3 is 2.50 bits per heavy atom. The van der Waals surface area contributed by atoms with Crippen molar-refractivity contribution in [1.29, 1.82) is 0 Å². The molecule has 2 aliphatic rings. The summed E-state index contributed by atoms with van der Waals surface area (Å²) in [5.41, 5.74) is 1.22. The first-order valence-corrected chi connectivity index (χ1v) is 13.6. The van der Waals surface area contributed by atoms with Gasteiger partial charge in [0.25, 0.3) is 11.6 Å². The summed E-state index contributed by atoms with van der Waals surface area (Å²) >= 11 is 12.3. The molecule has 9 heteroatoms. The molecule has 198 valence electrons. The zero-order valence-corrected chi connectivity index (χ0v) is 22.6. The lowest BCUT2D eigenvalue weighted by molar-refractivity contribution is -0.919. The highest BCUT2D eigenvalue weighted by atomic mass is 35.5. The van der Waals surface area contributed by atoms with Gasteiger partial charge in [0, 0.05) is 30.5 Å². The number of nitrogens with one attached hydrogen (secondary N) is 3. The van der Waals surface area contributed by atoms with E-state index in [4.69, 9.17) is 23.2 Å². The van der Waals surface area contributed by atoms with E-state index in [1.807, 2.05) is 0 Å². The number of aliphatic hydroxyl groups is 1. The molecule has 1 fully saturated rings. The highest BCUT2D eigenvalue weighted by Gasteiger charge is 2.52. The molecule has 5 rings (SSSR count). The summed E-state index contributed by atoms with van der Waals surface area (Å²) < 4.78 is 0. The molecule has 0 aliphatic carbocycles. The summed E-state index contributed by atoms with van der Waals surface area (Å²) in [4.78, 5) is 29.4. The number of para-hydroxylation sites is 1. The molecule has 3 aromatic carbocycles. The standard InChI is InChI=1S/C29H30Cl2N4O3/c1-19-6-8-21(9-7-19)18-34-14-12-20(13-15-34)17-32-27(36)29(38)23-4-2-3-5-26(23)33-28(37)35(29)22-10-11-24(30)25(31)16-22/h2-11,16,20,38H,12-15,17-18H2,1H3,(H,32,36)(H,33,37)/p+1. The number of hydrogen-bond donors (Lipinski definition) is 4. The third-order valence-corrected chi connectivity index (χ3v) is 8.23. The normalized spacial score (nSPS) is 22.9. The van der Waals surface area contributed by atoms with Gasteiger partial charge >= 0.3 is 6.03 Å². The van der Waals surface area contributed by atoms with Gasteiger partial charge in [0.2, 0.25) is 0 Å². The Labute approximate surface area is 232 Å². The number of rotatable bonds is 6. The van der Waals surface area contributed by atoms with Crippen molar-refractivity contribution in [3.05, 3.63) is 93.5 Å². The lowest BCUT2D eigenvalue weighted by atomic mass is 9.93. The van der Waals surface area contributed by atoms with Crippen molar-refractivity contribution in [3.63, 3.8) is 0 Å². The Bertz CT molecular complexity index is 1340. The van der Waals surface area contributed by atoms with Crippen molar-refractivity contribution in [2.75, 3.05) is 29.9 Å². The Kier molecular flexibility index (Phi) is 7.63. The maximum atomic E-state index is 13.7. The fourth-order valence-corrected chi connectivity index (χ4v) is 5.60. The molecule has 0 saturated carbocycles. The molecular weight excluding hydrogens is 523 g/mol. The molecule has 2 heterocycles. The highest BCUT2D eigenvalue weighted by Crippen LogP contribution is 2.41. The average molecular weight is 554 g/mol. The third kappa shape index (κ3) is 5.24. The number of anilines is 2. The summed E-state index contributed by atoms with van der Waals surface area (Å²) in [5, 5.41) is 18.2. The van der Waals surface area contributed by atoms with Gasteiger partial charge in [0.15, 0.2) is 0 Å². The van der Waals surface area contributed by atoms with E-state index in [2.05, 4.69) is 41.8 Å². The van der Waals surface area contributed by atoms with Crippen molar-refractivity contribution in [2.24, 2.45) is 5.92 Å². The molecule has 3 amide bonds. The molecule has 0 bridgehead atoms. The number of nitrogens with zero attached hydrogens (tertiary/aromatic N) is 1. The largest absolute Gasteiger partial charge is 0.359 e. The first-order valence-electron chi connectivity index (χ1n) is 12.8. The summed E-state index contributed by atoms with van der Waals surface area (Å²) in [7, 11) is 0. The Balaban J connectivity index is 1.30. The number of benzene rings is 3. The smallest absolute Gasteiger partial charge is 0.329 e. The van der Waals surface area contributed by atoms with E-state index in [-0.39, 0.29) is 22.2 Å². The van der Waals surface area contributed by atoms with Crippen molar-refractivity contribution < 1.29 is 19.6 Å². The number of carbonyl (C=O) groups is 2. The predicted molar refractivity (Wildman–Crippen MR) is 150 cm³/mol. The molecule has 2 aliphatic heterocycles. The van der Waals surface area contributed by atoms with Gasteiger partial charge in [0.05, 0.1) is 34.5 Å². The second-order valence-corrected chi connectivity index (χ2v) is 11.0. The number of carbonyl (C=O) groups excluding carboxylic acids is 2. The number of hydrogen-bond acceptors (Lipinski definition) is 3. The number of aryl methyl sites for hydroxylation is 1. The van der Waals surface area contributed by atoms with E-state index in [0.717, 1.165) is 37.4 Å². The summed E-state index contributed by atoms with van der Waals surface area (Å²) in [6.45, 7) is 5.52. The van der Waals surface area contributed by atoms with E-state index < -0.39 is 17.7 Å². The number of likely N-dealkylation sites (tertiary alicyclic amines) is 1. The zero-order chi connectivity index (χ0) is 26.9. The van der Waals surface area contributed by atoms with E-state index >= 15 is 0 Å². The van der Waals surface area contributed by atoms with Crippen LogP contribution in [0.5, 0.6) is 0 Å². The first kappa shape index (κ1) is 26.5. The van der Waals surface area contributed by atoms with Gasteiger partial charge in [-0.25, -0.2) is 4.79 Å². The number of halogens is 2. The van der Waals surface area contributed by atoms with Crippen LogP contribution < -0.4 is 20.4 Å². The zero-order valence-electron chi connectivity index (χ0n) is 21.1. The van der Waals surface area contributed by atoms with Crippen LogP contribution in [0.3, 0.4) is 0 Å². The number of quaternary nitrogens is 1. The molecule has 0 aromatic heterocycles. The van der Waals surface area contributed by atoms with E-state index in [1.165, 1.54) is 28.2 Å². The minimum absolute atomic E-state index is 0.207. The fourth-order valence-electron chi connectivity index (χ4n) is 5.31. The molecule has 1 saturated heterocycles. The van der Waals surface area contributed by atoms with Crippen molar-refractivity contribution >= 4 is 46.5 Å². The van der Waals surface area contributed by atoms with Gasteiger partial charge in [-0.05, 0) is 37.1 Å². The van der Waals surface area contributed by atoms with Gasteiger partial charge in [0.1, 0.15) is 6.54 Å². The molecule has 1 unspecified atom stereocenters. The van der Waals surface area contributed by atoms with Gasteiger partial charge in [-0.2, -0.15) is 0 Å². The molecule has 4 N–H and O–H groups in total. The summed E-state index contributed by atoms with van der Waals surface area (Å²) in [5.74, 6) is -0.379. The Hall–Kier alpha value is -3.10. The van der Waals surface area contributed by atoms with Gasteiger partial charge in [-0.15, -0.1) is 0 Å². The number of fused-ring (bicyclic) bond motifs is 1. The van der Waals surface area contributed by atoms with Crippen molar-refractivity contribution in [2.45, 2.75) is 32.0 Å². The molecule has 0 radical (unpaired) electrons. The van der Waals surface area contributed by atoms with E-state index in [9.17, 15) is 14.7 Å². The number of piperidine rings is 1. The van der Waals surface area contributed by atoms with Gasteiger partial charge in [-0.3, -0.25) is 9.69 Å². The molecule has 38 heavy (non-hydrogen) atoms. The first-order chi connectivity index (χ1) is 18.3. The molecule has 3 aromatic rings. The van der Waals surface area contributed by atoms with Crippen LogP contribution in [0.4, 0.5) is 16.2 Å². The Morgan fingerprint density at radius 2 is 1.79 bits per heavy atom. The average Bonchev–Trinajstić information content (AvgIpc) is 2.91. The minimum atomic E-state index is -2.27. The summed E-state index contributed by atoms with van der Waals surface area (Å²) in [6.07, 6.45) is 1.93. The fraction of sp³-hybridized carbons (Fsp3) is 0.310. The topological polar surface area (TPSA) is 86.1 Å². The van der Waals surface area contributed by atoms with Crippen LogP contribution in [0.15, 0.2) is 66.7 Å². The van der Waals surface area contributed by atoms with E-state index in [1.54, 1.807) is 30.3 Å². The van der Waals surface area contributed by atoms with Crippen LogP contribution in [0.1, 0.15) is 29.5 Å². The second kappa shape index (κ2) is 10.9. The predicted octanol–water partition coefficient (Wildman–Crippen LogP) is 4.11. The lowest BCUT2D eigenvalue weighted by Crippen LogP contribution is -3.11. The molecular formula is C29H31Cl2N4O3+. The monoisotopic (exact) mass is 553 g/mol. The van der Waals surface area contributed by atoms with Crippen LogP contribution in [0.2, 0.25) is 10.0 Å². The van der Waals surface area contributed by atoms with Crippen LogP contribution in [0, 0.1) is 12.8 Å². The van der Waals surface area contributed by atoms with Crippen molar-refractivity contribution in [1.82, 2.24) is 5.32 Å². The minimum Gasteiger partial charge on any atom is -0.359 e. The second-order valence-electron chi connectivity index (χ2n) is 10.1. The number of urea groups is 1. The Morgan fingerprint density at radius 1 is 1.08 bits per heavy atom. The van der Waals surface area contributed by atoms with Crippen LogP contribution in [-0.4, -0.2) is 36.7 Å². The molecule has 7 nitrogen and oxygen atoms in total. The highest BCUT2D eigenvalue weighted by molar-refractivity contribution is 6.42. The van der Waals surface area contributed by atoms with Crippen LogP contribution >= 0.6 is 23.2 Å². The third-order valence-electron chi connectivity index (χ3n) is 7.49. The number of amides is 3. The maximum Gasteiger partial charge on any atom is 0.329 e.